The number of aromatic hydroxyl groups is 1. The number of H-pyrrole nitrogens is 1. The van der Waals surface area contributed by atoms with Crippen molar-refractivity contribution in [1.82, 2.24) is 14.9 Å². The van der Waals surface area contributed by atoms with Crippen LogP contribution in [0.3, 0.4) is 0 Å². The van der Waals surface area contributed by atoms with Crippen molar-refractivity contribution in [2.75, 3.05) is 20.1 Å². The van der Waals surface area contributed by atoms with Crippen LogP contribution in [0, 0.1) is 17.8 Å². The summed E-state index contributed by atoms with van der Waals surface area (Å²) in [6.45, 7) is 2.25. The van der Waals surface area contributed by atoms with E-state index in [1.165, 1.54) is 6.33 Å². The summed E-state index contributed by atoms with van der Waals surface area (Å²) in [6.07, 6.45) is 4.85. The van der Waals surface area contributed by atoms with Gasteiger partial charge in [0.25, 0.3) is 5.56 Å². The Kier molecular flexibility index (Phi) is 5.52. The van der Waals surface area contributed by atoms with Gasteiger partial charge in [0.15, 0.2) is 0 Å². The normalized spacial score (nSPS) is 15.6. The van der Waals surface area contributed by atoms with Gasteiger partial charge in [-0.15, -0.1) is 0 Å². The van der Waals surface area contributed by atoms with Crippen LogP contribution in [0.4, 0.5) is 0 Å². The minimum absolute atomic E-state index is 0.289. The topological polar surface area (TPSA) is 69.2 Å². The fourth-order valence-electron chi connectivity index (χ4n) is 2.97. The van der Waals surface area contributed by atoms with Gasteiger partial charge in [0, 0.05) is 11.5 Å². The van der Waals surface area contributed by atoms with Crippen molar-refractivity contribution in [3.63, 3.8) is 0 Å². The van der Waals surface area contributed by atoms with Crippen molar-refractivity contribution >= 4 is 0 Å². The molecule has 0 radical (unpaired) electrons. The first-order valence-corrected chi connectivity index (χ1v) is 8.66. The van der Waals surface area contributed by atoms with Crippen LogP contribution >= 0.6 is 0 Å². The zero-order valence-corrected chi connectivity index (χ0v) is 14.5. The van der Waals surface area contributed by atoms with Crippen LogP contribution in [0.25, 0.3) is 0 Å². The third kappa shape index (κ3) is 4.71. The molecule has 130 valence electrons. The van der Waals surface area contributed by atoms with Crippen molar-refractivity contribution in [1.29, 1.82) is 0 Å². The molecule has 0 saturated carbocycles. The van der Waals surface area contributed by atoms with Crippen molar-refractivity contribution in [3.05, 3.63) is 57.8 Å². The second-order valence-corrected chi connectivity index (χ2v) is 6.57. The van der Waals surface area contributed by atoms with E-state index in [1.54, 1.807) is 0 Å². The lowest BCUT2D eigenvalue weighted by Crippen LogP contribution is -2.29. The zero-order chi connectivity index (χ0) is 17.6. The average molecular weight is 337 g/mol. The summed E-state index contributed by atoms with van der Waals surface area (Å²) < 4.78 is 0. The Morgan fingerprint density at radius 1 is 1.24 bits per heavy atom. The van der Waals surface area contributed by atoms with Gasteiger partial charge < -0.3 is 15.0 Å². The predicted octanol–water partition coefficient (Wildman–Crippen LogP) is 1.95. The molecule has 1 fully saturated rings. The molecule has 2 N–H and O–H groups in total. The highest BCUT2D eigenvalue weighted by Crippen LogP contribution is 2.15. The first-order chi connectivity index (χ1) is 12.1. The molecule has 0 spiro atoms. The minimum Gasteiger partial charge on any atom is -0.502 e. The van der Waals surface area contributed by atoms with Crippen LogP contribution in [-0.2, 0) is 12.8 Å². The molecular weight excluding hydrogens is 314 g/mol. The van der Waals surface area contributed by atoms with Crippen LogP contribution in [0.5, 0.6) is 5.75 Å². The molecule has 2 aromatic rings. The number of piperidine rings is 1. The van der Waals surface area contributed by atoms with Gasteiger partial charge in [0.1, 0.15) is 0 Å². The van der Waals surface area contributed by atoms with E-state index in [2.05, 4.69) is 33.8 Å². The van der Waals surface area contributed by atoms with E-state index in [0.717, 1.165) is 37.1 Å². The second kappa shape index (κ2) is 8.00. The average Bonchev–Trinajstić information content (AvgIpc) is 2.63. The first-order valence-electron chi connectivity index (χ1n) is 8.66. The van der Waals surface area contributed by atoms with Gasteiger partial charge in [0.2, 0.25) is 5.75 Å². The molecule has 0 unspecified atom stereocenters. The van der Waals surface area contributed by atoms with Crippen LogP contribution in [0.15, 0.2) is 35.4 Å². The summed E-state index contributed by atoms with van der Waals surface area (Å²) in [5.74, 6) is 6.88. The summed E-state index contributed by atoms with van der Waals surface area (Å²) in [5, 5.41) is 9.70. The van der Waals surface area contributed by atoms with E-state index in [-0.39, 0.29) is 5.75 Å². The van der Waals surface area contributed by atoms with Gasteiger partial charge in [-0.2, -0.15) is 0 Å². The van der Waals surface area contributed by atoms with Gasteiger partial charge in [-0.3, -0.25) is 4.79 Å². The molecule has 3 rings (SSSR count). The molecule has 0 bridgehead atoms. The predicted molar refractivity (Wildman–Crippen MR) is 97.5 cm³/mol. The van der Waals surface area contributed by atoms with Crippen molar-refractivity contribution in [3.8, 4) is 17.6 Å². The number of likely N-dealkylation sites (tertiary alicyclic amines) is 1. The molecular formula is C20H23N3O2. The van der Waals surface area contributed by atoms with Gasteiger partial charge >= 0.3 is 0 Å². The SMILES string of the molecule is CN1CCC(C#Cc2ccc(CCc3nc[nH]c(=O)c3O)cc2)CC1. The molecule has 5 heteroatoms. The molecule has 1 aromatic carbocycles. The van der Waals surface area contributed by atoms with Gasteiger partial charge in [0.05, 0.1) is 12.0 Å². The summed E-state index contributed by atoms with van der Waals surface area (Å²) in [5.41, 5.74) is 2.09. The van der Waals surface area contributed by atoms with Crippen molar-refractivity contribution in [2.45, 2.75) is 25.7 Å². The van der Waals surface area contributed by atoms with Crippen LogP contribution in [-0.4, -0.2) is 40.1 Å². The molecule has 2 heterocycles. The first kappa shape index (κ1) is 17.2. The number of nitrogens with zero attached hydrogens (tertiary/aromatic N) is 2. The van der Waals surface area contributed by atoms with Crippen LogP contribution in [0.1, 0.15) is 29.7 Å². The summed E-state index contributed by atoms with van der Waals surface area (Å²) in [7, 11) is 2.16. The number of aryl methyl sites for hydroxylation is 2. The van der Waals surface area contributed by atoms with E-state index in [9.17, 15) is 9.90 Å². The number of hydrogen-bond acceptors (Lipinski definition) is 4. The van der Waals surface area contributed by atoms with Crippen LogP contribution in [0.2, 0.25) is 0 Å². The number of aromatic nitrogens is 2. The fraction of sp³-hybridized carbons (Fsp3) is 0.400. The molecule has 1 aliphatic rings. The number of hydrogen-bond donors (Lipinski definition) is 2. The quantitative estimate of drug-likeness (QED) is 0.840. The van der Waals surface area contributed by atoms with Crippen LogP contribution < -0.4 is 5.56 Å². The largest absolute Gasteiger partial charge is 0.502 e. The highest BCUT2D eigenvalue weighted by molar-refractivity contribution is 5.37. The van der Waals surface area contributed by atoms with E-state index >= 15 is 0 Å². The maximum absolute atomic E-state index is 11.4. The highest BCUT2D eigenvalue weighted by atomic mass is 16.3. The lowest BCUT2D eigenvalue weighted by molar-refractivity contribution is 0.248. The van der Waals surface area contributed by atoms with E-state index in [4.69, 9.17) is 0 Å². The Bertz CT molecular complexity index is 823. The summed E-state index contributed by atoms with van der Waals surface area (Å²) >= 11 is 0. The molecule has 25 heavy (non-hydrogen) atoms. The van der Waals surface area contributed by atoms with Gasteiger partial charge in [-0.25, -0.2) is 4.98 Å². The maximum atomic E-state index is 11.4. The monoisotopic (exact) mass is 337 g/mol. The lowest BCUT2D eigenvalue weighted by atomic mass is 9.97. The minimum atomic E-state index is -0.496. The molecule has 0 atom stereocenters. The molecule has 1 aliphatic heterocycles. The Labute approximate surface area is 147 Å². The second-order valence-electron chi connectivity index (χ2n) is 6.57. The Balaban J connectivity index is 1.57. The zero-order valence-electron chi connectivity index (χ0n) is 14.5. The lowest BCUT2D eigenvalue weighted by Gasteiger charge is -2.25. The Morgan fingerprint density at radius 2 is 1.96 bits per heavy atom. The van der Waals surface area contributed by atoms with E-state index in [0.29, 0.717) is 24.5 Å². The molecule has 0 amide bonds. The fourth-order valence-corrected chi connectivity index (χ4v) is 2.97. The van der Waals surface area contributed by atoms with E-state index in [1.807, 2.05) is 24.3 Å². The molecule has 5 nitrogen and oxygen atoms in total. The van der Waals surface area contributed by atoms with Crippen molar-refractivity contribution in [2.24, 2.45) is 5.92 Å². The standard InChI is InChI=1S/C20H23N3O2/c1-23-12-10-17(11-13-23)7-6-15-2-4-16(5-3-15)8-9-18-19(24)20(25)22-14-21-18/h2-5,14,17,24H,8-13H2,1H3,(H,21,22,25). The van der Waals surface area contributed by atoms with E-state index < -0.39 is 5.56 Å². The van der Waals surface area contributed by atoms with Gasteiger partial charge in [-0.05, 0) is 63.5 Å². The number of nitrogens with one attached hydrogen (secondary N) is 1. The smallest absolute Gasteiger partial charge is 0.293 e. The number of rotatable bonds is 3. The third-order valence-electron chi connectivity index (χ3n) is 4.65. The van der Waals surface area contributed by atoms with Crippen molar-refractivity contribution < 1.29 is 5.11 Å². The maximum Gasteiger partial charge on any atom is 0.293 e. The highest BCUT2D eigenvalue weighted by Gasteiger charge is 2.13. The Hall–Kier alpha value is -2.58. The third-order valence-corrected chi connectivity index (χ3v) is 4.65. The molecule has 1 aromatic heterocycles. The van der Waals surface area contributed by atoms with Gasteiger partial charge in [-0.1, -0.05) is 24.0 Å². The number of aromatic amines is 1. The number of benzene rings is 1. The summed E-state index contributed by atoms with van der Waals surface area (Å²) in [4.78, 5) is 20.1. The molecule has 0 aliphatic carbocycles. The Morgan fingerprint density at radius 3 is 2.68 bits per heavy atom. The molecule has 1 saturated heterocycles. The summed E-state index contributed by atoms with van der Waals surface area (Å²) in [6, 6.07) is 8.15.